The minimum atomic E-state index is -2.47. The van der Waals surface area contributed by atoms with E-state index in [9.17, 15) is 49.5 Å². The second-order valence-electron chi connectivity index (χ2n) is 26.2. The number of hydrogen-bond donors (Lipinski definition) is 7. The van der Waals surface area contributed by atoms with Crippen molar-refractivity contribution < 1.29 is 87.8 Å². The van der Waals surface area contributed by atoms with E-state index in [4.69, 9.17) is 28.4 Å². The van der Waals surface area contributed by atoms with Gasteiger partial charge in [-0.2, -0.15) is 10.2 Å². The number of Topliss-reactive ketones (excluding diaryl/α,β-unsaturated/α-hetero) is 1. The standard InChI is InChI=1S/C66H78N6O18/c1-35(2)42-29-43(45(75)30-44(42)74)56-68-69-59(81)72(56)41-23-21-38(22-24-41)33-70-25-27-71(28-26-70)61(83)87-52(50(39-17-13-11-14-18-39)67-60(82)90-62(5,6)7)58(80)86-46-32-66(84)55(88-57(79)40-19-15-12-16-20-40)53-64(10,54(78)51(77)49(36(46)3)63(66,8)9)47(76)31-48-65(53,34-85-48)89-37(4)73/h11-24,29-30,35,46-48,50-53,55,74-77,84H,25-28,31-34H2,1-10H3,(H,67,82)(H,69,81)/p+1/t46-,47-,48+,50-,51+,52+,53?,55-,64+,65-,66+/m0/s1. The smallest absolute Gasteiger partial charge is 0.449 e. The maximum atomic E-state index is 15.5. The van der Waals surface area contributed by atoms with E-state index < -0.39 is 124 Å². The van der Waals surface area contributed by atoms with Gasteiger partial charge in [0, 0.05) is 64.0 Å². The molecule has 1 aromatic heterocycles. The molecule has 5 aliphatic rings. The van der Waals surface area contributed by atoms with Gasteiger partial charge in [-0.15, -0.1) is 4.57 Å². The van der Waals surface area contributed by atoms with Crippen LogP contribution in [-0.4, -0.2) is 167 Å². The fourth-order valence-electron chi connectivity index (χ4n) is 13.9. The maximum absolute atomic E-state index is 15.5. The van der Waals surface area contributed by atoms with E-state index in [0.29, 0.717) is 36.4 Å². The van der Waals surface area contributed by atoms with Crippen molar-refractivity contribution in [2.45, 2.75) is 154 Å². The first-order chi connectivity index (χ1) is 42.4. The third kappa shape index (κ3) is 11.7. The Labute approximate surface area is 519 Å². The van der Waals surface area contributed by atoms with E-state index in [1.54, 1.807) is 87.5 Å². The van der Waals surface area contributed by atoms with E-state index in [0.717, 1.165) is 12.5 Å². The van der Waals surface area contributed by atoms with Crippen molar-refractivity contribution in [3.63, 3.8) is 0 Å². The number of phenols is 2. The van der Waals surface area contributed by atoms with Crippen LogP contribution >= 0.6 is 0 Å². The Morgan fingerprint density at radius 1 is 0.867 bits per heavy atom. The first-order valence-corrected chi connectivity index (χ1v) is 30.1. The number of aromatic amines is 2. The lowest BCUT2D eigenvalue weighted by Crippen LogP contribution is -2.81. The highest BCUT2D eigenvalue weighted by Gasteiger charge is 2.78. The predicted octanol–water partition coefficient (Wildman–Crippen LogP) is 5.72. The summed E-state index contributed by atoms with van der Waals surface area (Å²) < 4.78 is 38.2. The number of nitrogens with one attached hydrogen (secondary N) is 3. The van der Waals surface area contributed by atoms with Crippen LogP contribution in [0.3, 0.4) is 0 Å². The Morgan fingerprint density at radius 3 is 2.11 bits per heavy atom. The number of nitrogens with zero attached hydrogens (tertiary/aromatic N) is 3. The lowest BCUT2D eigenvalue weighted by atomic mass is 9.44. The number of ketones is 1. The maximum Gasteiger partial charge on any atom is 0.449 e. The van der Waals surface area contributed by atoms with Crippen molar-refractivity contribution >= 4 is 35.9 Å². The minimum absolute atomic E-state index is 0.0401. The number of H-pyrrole nitrogens is 2. The van der Waals surface area contributed by atoms with E-state index in [1.165, 1.54) is 55.4 Å². The highest BCUT2D eigenvalue weighted by atomic mass is 16.6. The summed E-state index contributed by atoms with van der Waals surface area (Å²) in [5.41, 5.74) is -7.13. The normalized spacial score (nSPS) is 27.1. The van der Waals surface area contributed by atoms with Gasteiger partial charge in [-0.3, -0.25) is 14.5 Å². The summed E-state index contributed by atoms with van der Waals surface area (Å²) in [4.78, 5) is 104. The second-order valence-corrected chi connectivity index (χ2v) is 26.2. The molecule has 8 N–H and O–H groups in total. The zero-order chi connectivity index (χ0) is 65.2. The van der Waals surface area contributed by atoms with Crippen LogP contribution in [0.4, 0.5) is 9.59 Å². The van der Waals surface area contributed by atoms with E-state index in [2.05, 4.69) is 20.4 Å². The van der Waals surface area contributed by atoms with Crippen molar-refractivity contribution in [3.05, 3.63) is 141 Å². The summed E-state index contributed by atoms with van der Waals surface area (Å²) in [7, 11) is 0. The Morgan fingerprint density at radius 2 is 1.51 bits per heavy atom. The van der Waals surface area contributed by atoms with E-state index in [1.807, 2.05) is 26.0 Å². The number of aliphatic hydroxyl groups excluding tert-OH is 2. The number of amides is 2. The fraction of sp³-hybridized carbons (Fsp3) is 0.485. The number of ether oxygens (including phenoxy) is 6. The third-order valence-electron chi connectivity index (χ3n) is 18.7. The van der Waals surface area contributed by atoms with Gasteiger partial charge in [0.15, 0.2) is 11.4 Å². The molecule has 2 aliphatic heterocycles. The van der Waals surface area contributed by atoms with Crippen LogP contribution < -0.4 is 16.1 Å². The van der Waals surface area contributed by atoms with E-state index >= 15 is 9.59 Å². The van der Waals surface area contributed by atoms with Crippen LogP contribution in [-0.2, 0) is 49.3 Å². The molecule has 2 amide bonds. The zero-order valence-electron chi connectivity index (χ0n) is 52.0. The summed E-state index contributed by atoms with van der Waals surface area (Å²) in [6, 6.07) is 24.5. The molecule has 0 radical (unpaired) electrons. The molecule has 24 nitrogen and oxygen atoms in total. The molecule has 3 heterocycles. The van der Waals surface area contributed by atoms with Crippen molar-refractivity contribution in [3.8, 4) is 28.6 Å². The number of hydrogen-bond acceptors (Lipinski definition) is 19. The van der Waals surface area contributed by atoms with Gasteiger partial charge in [0.1, 0.15) is 64.4 Å². The Kier molecular flexibility index (Phi) is 17.5. The topological polar surface area (TPSA) is 329 Å². The molecule has 90 heavy (non-hydrogen) atoms. The van der Waals surface area contributed by atoms with Gasteiger partial charge < -0.3 is 64.2 Å². The SMILES string of the molecule is CC(=O)O[C@@]12CO[C@@H]1C[C@H](O)[C@@]1(C)C(=O)[C@H](O)C3=C(C)[C@@H](OC(=O)[C@H](OC(=O)N4CCN(Cc5ccc(-n6c(-c7cc(C(C)C)c(O)cc7O)[nH+][nH]c6=O)cc5)CC4)[C@@H](NC(=O)OC(C)(C)C)c4ccccc4)C[C@@](O)([C@@H](OC(=O)c4ccccc4)C12)C3(C)C. The zero-order valence-corrected chi connectivity index (χ0v) is 52.0. The van der Waals surface area contributed by atoms with Crippen LogP contribution in [0.2, 0.25) is 0 Å². The summed E-state index contributed by atoms with van der Waals surface area (Å²) in [5, 5.41) is 68.2. The quantitative estimate of drug-likeness (QED) is 0.0397. The Bertz CT molecular complexity index is 3670. The lowest BCUT2D eigenvalue weighted by Gasteiger charge is -2.67. The highest BCUT2D eigenvalue weighted by molar-refractivity contribution is 5.94. The second kappa shape index (κ2) is 24.4. The minimum Gasteiger partial charge on any atom is -0.508 e. The number of aromatic nitrogens is 3. The third-order valence-corrected chi connectivity index (χ3v) is 18.7. The molecule has 11 atom stereocenters. The van der Waals surface area contributed by atoms with Crippen LogP contribution in [0.25, 0.3) is 17.1 Å². The number of benzene rings is 4. The van der Waals surface area contributed by atoms with Gasteiger partial charge in [-0.1, -0.05) is 88.4 Å². The molecule has 24 heteroatoms. The number of aliphatic hydroxyl groups is 3. The molecule has 2 saturated heterocycles. The highest BCUT2D eigenvalue weighted by Crippen LogP contribution is 2.64. The lowest BCUT2D eigenvalue weighted by molar-refractivity contribution is -0.440. The van der Waals surface area contributed by atoms with Crippen LogP contribution in [0.1, 0.15) is 121 Å². The summed E-state index contributed by atoms with van der Waals surface area (Å²) >= 11 is 0. The van der Waals surface area contributed by atoms with Gasteiger partial charge in [0.2, 0.25) is 6.10 Å². The number of piperazine rings is 1. The Hall–Kier alpha value is -8.42. The number of carbonyl (C=O) groups excluding carboxylic acids is 6. The average molecular weight is 1240 g/mol. The van der Waals surface area contributed by atoms with Crippen molar-refractivity contribution in [2.75, 3.05) is 32.8 Å². The monoisotopic (exact) mass is 1240 g/mol. The molecule has 2 saturated carbocycles. The van der Waals surface area contributed by atoms with Gasteiger partial charge in [0.05, 0.1) is 29.6 Å². The molecule has 4 aromatic carbocycles. The summed E-state index contributed by atoms with van der Waals surface area (Å²) in [6.45, 7) is 16.8. The predicted molar refractivity (Wildman–Crippen MR) is 321 cm³/mol. The first kappa shape index (κ1) is 64.6. The number of aromatic hydroxyl groups is 2. The van der Waals surface area contributed by atoms with Crippen LogP contribution in [0, 0.1) is 16.7 Å². The van der Waals surface area contributed by atoms with Crippen LogP contribution in [0.15, 0.2) is 113 Å². The molecular formula is C66H79N6O18+. The fourth-order valence-corrected chi connectivity index (χ4v) is 13.9. The largest absolute Gasteiger partial charge is 0.508 e. The average Bonchev–Trinajstić information content (AvgIpc) is 0.811. The van der Waals surface area contributed by atoms with E-state index in [-0.39, 0.29) is 71.6 Å². The summed E-state index contributed by atoms with van der Waals surface area (Å²) in [6.07, 6.45) is -13.1. The number of carbonyl (C=O) groups is 6. The molecule has 1 unspecified atom stereocenters. The van der Waals surface area contributed by atoms with Crippen molar-refractivity contribution in [1.82, 2.24) is 24.8 Å². The van der Waals surface area contributed by atoms with Crippen molar-refractivity contribution in [1.29, 1.82) is 0 Å². The molecule has 3 aliphatic carbocycles. The van der Waals surface area contributed by atoms with Gasteiger partial charge in [-0.25, -0.2) is 24.0 Å². The number of phenolic OH excluding ortho intramolecular Hbond substituents is 2. The molecule has 0 spiro atoms. The van der Waals surface area contributed by atoms with Gasteiger partial charge in [0.25, 0.3) is 0 Å². The number of fused-ring (bicyclic) bond motifs is 5. The Balaban J connectivity index is 0.953. The molecule has 2 bridgehead atoms. The molecule has 4 fully saturated rings. The first-order valence-electron chi connectivity index (χ1n) is 30.1. The number of alkyl carbamates (subject to hydrolysis) is 1. The summed E-state index contributed by atoms with van der Waals surface area (Å²) in [5.74, 6) is -5.70. The van der Waals surface area contributed by atoms with Gasteiger partial charge >= 0.3 is 41.6 Å². The number of rotatable bonds is 14. The molecule has 5 aromatic rings. The van der Waals surface area contributed by atoms with Crippen LogP contribution in [0.5, 0.6) is 11.5 Å². The molecular weight excluding hydrogens is 1160 g/mol. The molecule has 480 valence electrons. The number of esters is 3. The molecule has 10 rings (SSSR count). The van der Waals surface area contributed by atoms with Gasteiger partial charge in [-0.05, 0) is 98.7 Å². The van der Waals surface area contributed by atoms with Crippen molar-refractivity contribution in [2.24, 2.45) is 16.7 Å².